The number of carbonyl (C=O) groups excluding carboxylic acids is 2. The fourth-order valence-electron chi connectivity index (χ4n) is 3.51. The SMILES string of the molecule is Cc1nc(-n2nc(C3CC3)cc2NC(=O)C(=O)c2c[nH]c3ccccc23)[nH]c(=O)c1C. The summed E-state index contributed by atoms with van der Waals surface area (Å²) in [6, 6.07) is 9.01. The maximum absolute atomic E-state index is 12.8. The van der Waals surface area contributed by atoms with Crippen LogP contribution in [0.4, 0.5) is 5.82 Å². The minimum absolute atomic E-state index is 0.190. The summed E-state index contributed by atoms with van der Waals surface area (Å²) in [4.78, 5) is 48.0. The number of fused-ring (bicyclic) bond motifs is 1. The molecule has 1 fully saturated rings. The summed E-state index contributed by atoms with van der Waals surface area (Å²) in [6.45, 7) is 3.42. The average Bonchev–Trinajstić information content (AvgIpc) is 3.39. The van der Waals surface area contributed by atoms with Gasteiger partial charge in [-0.1, -0.05) is 18.2 Å². The lowest BCUT2D eigenvalue weighted by Gasteiger charge is -2.09. The molecule has 0 saturated heterocycles. The second-order valence-electron chi connectivity index (χ2n) is 7.77. The summed E-state index contributed by atoms with van der Waals surface area (Å²) in [5, 5.41) is 7.86. The molecule has 0 bridgehead atoms. The molecule has 0 spiro atoms. The Bertz CT molecular complexity index is 1410. The van der Waals surface area contributed by atoms with Crippen LogP contribution in [-0.4, -0.2) is 36.4 Å². The number of hydrogen-bond acceptors (Lipinski definition) is 5. The van der Waals surface area contributed by atoms with E-state index in [1.807, 2.05) is 18.2 Å². The van der Waals surface area contributed by atoms with Gasteiger partial charge in [0.05, 0.1) is 11.3 Å². The number of Topliss-reactive ketones (excluding diaryl/α,β-unsaturated/α-hetero) is 1. The Kier molecular flexibility index (Phi) is 4.32. The lowest BCUT2D eigenvalue weighted by Crippen LogP contribution is -2.25. The van der Waals surface area contributed by atoms with Gasteiger partial charge < -0.3 is 10.3 Å². The van der Waals surface area contributed by atoms with E-state index in [-0.39, 0.29) is 17.3 Å². The van der Waals surface area contributed by atoms with Crippen molar-refractivity contribution in [2.75, 3.05) is 5.32 Å². The van der Waals surface area contributed by atoms with Crippen molar-refractivity contribution < 1.29 is 9.59 Å². The van der Waals surface area contributed by atoms with Crippen molar-refractivity contribution >= 4 is 28.4 Å². The second kappa shape index (κ2) is 7.05. The average molecular weight is 416 g/mol. The van der Waals surface area contributed by atoms with Crippen LogP contribution >= 0.6 is 0 Å². The summed E-state index contributed by atoms with van der Waals surface area (Å²) in [6.07, 6.45) is 3.55. The number of anilines is 1. The predicted molar refractivity (Wildman–Crippen MR) is 115 cm³/mol. The van der Waals surface area contributed by atoms with Gasteiger partial charge in [0, 0.05) is 40.3 Å². The van der Waals surface area contributed by atoms with Crippen LogP contribution < -0.4 is 10.9 Å². The van der Waals surface area contributed by atoms with E-state index in [2.05, 4.69) is 25.4 Å². The third kappa shape index (κ3) is 3.33. The first-order valence-corrected chi connectivity index (χ1v) is 10.0. The summed E-state index contributed by atoms with van der Waals surface area (Å²) in [5.74, 6) is -0.681. The topological polar surface area (TPSA) is 126 Å². The molecular weight excluding hydrogens is 396 g/mol. The predicted octanol–water partition coefficient (Wildman–Crippen LogP) is 2.75. The largest absolute Gasteiger partial charge is 0.360 e. The quantitative estimate of drug-likeness (QED) is 0.341. The number of nitrogens with zero attached hydrogens (tertiary/aromatic N) is 3. The number of aromatic amines is 2. The van der Waals surface area contributed by atoms with Crippen LogP contribution in [0.3, 0.4) is 0 Å². The number of H-pyrrole nitrogens is 2. The molecule has 31 heavy (non-hydrogen) atoms. The lowest BCUT2D eigenvalue weighted by molar-refractivity contribution is -0.112. The van der Waals surface area contributed by atoms with E-state index >= 15 is 0 Å². The zero-order chi connectivity index (χ0) is 21.7. The van der Waals surface area contributed by atoms with Gasteiger partial charge in [0.2, 0.25) is 5.95 Å². The van der Waals surface area contributed by atoms with Crippen molar-refractivity contribution in [3.63, 3.8) is 0 Å². The molecule has 1 amide bonds. The summed E-state index contributed by atoms with van der Waals surface area (Å²) in [5.41, 5.74) is 2.65. The van der Waals surface area contributed by atoms with E-state index in [9.17, 15) is 14.4 Å². The Morgan fingerprint density at radius 3 is 2.71 bits per heavy atom. The number of ketones is 1. The van der Waals surface area contributed by atoms with Gasteiger partial charge in [0.15, 0.2) is 0 Å². The maximum atomic E-state index is 12.8. The highest BCUT2D eigenvalue weighted by Crippen LogP contribution is 2.40. The van der Waals surface area contributed by atoms with E-state index in [4.69, 9.17) is 0 Å². The standard InChI is InChI=1S/C22H20N6O3/c1-11-12(2)24-22(26-20(11)30)28-18(9-17(27-28)13-7-8-13)25-21(31)19(29)15-10-23-16-6-4-3-5-14(15)16/h3-6,9-10,13,23H,7-8H2,1-2H3,(H,25,31)(H,24,26,30). The molecule has 4 aromatic rings. The van der Waals surface area contributed by atoms with Crippen molar-refractivity contribution in [1.29, 1.82) is 0 Å². The molecule has 0 atom stereocenters. The van der Waals surface area contributed by atoms with Gasteiger partial charge in [0.25, 0.3) is 17.2 Å². The Balaban J connectivity index is 1.51. The number of benzene rings is 1. The molecular formula is C22H20N6O3. The van der Waals surface area contributed by atoms with Gasteiger partial charge in [0.1, 0.15) is 5.82 Å². The molecule has 3 heterocycles. The molecule has 1 aromatic carbocycles. The van der Waals surface area contributed by atoms with E-state index < -0.39 is 11.7 Å². The monoisotopic (exact) mass is 416 g/mol. The Morgan fingerprint density at radius 1 is 1.19 bits per heavy atom. The first-order valence-electron chi connectivity index (χ1n) is 10.0. The molecule has 1 aliphatic rings. The Labute approximate surface area is 176 Å². The molecule has 3 N–H and O–H groups in total. The van der Waals surface area contributed by atoms with Crippen LogP contribution in [-0.2, 0) is 4.79 Å². The van der Waals surface area contributed by atoms with Gasteiger partial charge in [-0.25, -0.2) is 4.98 Å². The van der Waals surface area contributed by atoms with Crippen molar-refractivity contribution in [1.82, 2.24) is 24.7 Å². The third-order valence-corrected chi connectivity index (χ3v) is 5.59. The maximum Gasteiger partial charge on any atom is 0.298 e. The summed E-state index contributed by atoms with van der Waals surface area (Å²) >= 11 is 0. The Morgan fingerprint density at radius 2 is 1.97 bits per heavy atom. The fraction of sp³-hybridized carbons (Fsp3) is 0.227. The number of aromatic nitrogens is 5. The van der Waals surface area contributed by atoms with Gasteiger partial charge in [-0.3, -0.25) is 19.4 Å². The van der Waals surface area contributed by atoms with Gasteiger partial charge >= 0.3 is 0 Å². The number of hydrogen-bond donors (Lipinski definition) is 3. The smallest absolute Gasteiger partial charge is 0.298 e. The van der Waals surface area contributed by atoms with Crippen LogP contribution in [0.5, 0.6) is 0 Å². The Hall–Kier alpha value is -4.01. The first-order chi connectivity index (χ1) is 14.9. The third-order valence-electron chi connectivity index (χ3n) is 5.59. The number of aryl methyl sites for hydroxylation is 1. The molecule has 1 aliphatic carbocycles. The second-order valence-corrected chi connectivity index (χ2v) is 7.77. The van der Waals surface area contributed by atoms with E-state index in [1.54, 1.807) is 26.0 Å². The van der Waals surface area contributed by atoms with Crippen molar-refractivity contribution in [3.05, 3.63) is 69.4 Å². The van der Waals surface area contributed by atoms with E-state index in [0.717, 1.165) is 24.1 Å². The highest BCUT2D eigenvalue weighted by Gasteiger charge is 2.29. The van der Waals surface area contributed by atoms with E-state index in [0.29, 0.717) is 28.1 Å². The van der Waals surface area contributed by atoms with Gasteiger partial charge in [-0.15, -0.1) is 0 Å². The highest BCUT2D eigenvalue weighted by atomic mass is 16.2. The number of nitrogens with one attached hydrogen (secondary N) is 3. The minimum Gasteiger partial charge on any atom is -0.360 e. The zero-order valence-corrected chi connectivity index (χ0v) is 17.0. The molecule has 9 nitrogen and oxygen atoms in total. The van der Waals surface area contributed by atoms with Crippen LogP contribution in [0.1, 0.15) is 46.1 Å². The molecule has 9 heteroatoms. The fourth-order valence-corrected chi connectivity index (χ4v) is 3.51. The molecule has 0 aliphatic heterocycles. The molecule has 156 valence electrons. The van der Waals surface area contributed by atoms with Gasteiger partial charge in [-0.2, -0.15) is 9.78 Å². The number of amides is 1. The van der Waals surface area contributed by atoms with Crippen molar-refractivity contribution in [3.8, 4) is 5.95 Å². The normalized spacial score (nSPS) is 13.5. The molecule has 3 aromatic heterocycles. The van der Waals surface area contributed by atoms with Crippen LogP contribution in [0, 0.1) is 13.8 Å². The number of carbonyl (C=O) groups is 2. The number of para-hydroxylation sites is 1. The summed E-state index contributed by atoms with van der Waals surface area (Å²) < 4.78 is 1.38. The van der Waals surface area contributed by atoms with E-state index in [1.165, 1.54) is 10.9 Å². The summed E-state index contributed by atoms with van der Waals surface area (Å²) in [7, 11) is 0. The lowest BCUT2D eigenvalue weighted by atomic mass is 10.1. The van der Waals surface area contributed by atoms with Crippen LogP contribution in [0.25, 0.3) is 16.9 Å². The highest BCUT2D eigenvalue weighted by molar-refractivity contribution is 6.48. The van der Waals surface area contributed by atoms with Crippen LogP contribution in [0.2, 0.25) is 0 Å². The molecule has 1 saturated carbocycles. The molecule has 0 radical (unpaired) electrons. The first kappa shape index (κ1) is 19.0. The van der Waals surface area contributed by atoms with Gasteiger partial charge in [-0.05, 0) is 32.8 Å². The molecule has 5 rings (SSSR count). The minimum atomic E-state index is -0.792. The van der Waals surface area contributed by atoms with Crippen molar-refractivity contribution in [2.45, 2.75) is 32.6 Å². The number of rotatable bonds is 5. The van der Waals surface area contributed by atoms with Crippen molar-refractivity contribution in [2.24, 2.45) is 0 Å². The zero-order valence-electron chi connectivity index (χ0n) is 17.0. The van der Waals surface area contributed by atoms with Crippen LogP contribution in [0.15, 0.2) is 41.3 Å². The molecule has 0 unspecified atom stereocenters.